The van der Waals surface area contributed by atoms with Gasteiger partial charge in [-0.2, -0.15) is 0 Å². The van der Waals surface area contributed by atoms with E-state index in [1.807, 2.05) is 12.1 Å². The lowest BCUT2D eigenvalue weighted by molar-refractivity contribution is -0.120. The molecule has 27 heavy (non-hydrogen) atoms. The Morgan fingerprint density at radius 3 is 2.89 bits per heavy atom. The van der Waals surface area contributed by atoms with Crippen LogP contribution in [0.4, 0.5) is 0 Å². The molecule has 4 rings (SSSR count). The molecule has 1 N–H and O–H groups in total. The summed E-state index contributed by atoms with van der Waals surface area (Å²) in [4.78, 5) is 12.5. The molecule has 2 aromatic rings. The second-order valence-corrected chi connectivity index (χ2v) is 8.95. The van der Waals surface area contributed by atoms with Gasteiger partial charge in [-0.3, -0.25) is 9.36 Å². The van der Waals surface area contributed by atoms with Crippen LogP contribution < -0.4 is 5.32 Å². The summed E-state index contributed by atoms with van der Waals surface area (Å²) in [5.41, 5.74) is 0. The average Bonchev–Trinajstić information content (AvgIpc) is 3.22. The van der Waals surface area contributed by atoms with Crippen LogP contribution in [0.1, 0.15) is 63.5 Å². The average molecular weight is 389 g/mol. The van der Waals surface area contributed by atoms with Crippen molar-refractivity contribution in [2.24, 2.45) is 11.8 Å². The lowest BCUT2D eigenvalue weighted by atomic mass is 9.78. The van der Waals surface area contributed by atoms with E-state index in [2.05, 4.69) is 33.9 Å². The van der Waals surface area contributed by atoms with Gasteiger partial charge in [0, 0.05) is 12.0 Å². The second kappa shape index (κ2) is 8.09. The van der Waals surface area contributed by atoms with Gasteiger partial charge in [-0.05, 0) is 43.2 Å². The fourth-order valence-electron chi connectivity index (χ4n) is 3.92. The highest BCUT2D eigenvalue weighted by Gasteiger charge is 2.31. The van der Waals surface area contributed by atoms with Gasteiger partial charge in [0.05, 0.1) is 18.6 Å². The van der Waals surface area contributed by atoms with E-state index in [9.17, 15) is 4.79 Å². The summed E-state index contributed by atoms with van der Waals surface area (Å²) in [7, 11) is 0. The maximum Gasteiger partial charge on any atom is 0.230 e. The van der Waals surface area contributed by atoms with Crippen molar-refractivity contribution in [3.05, 3.63) is 30.0 Å². The van der Waals surface area contributed by atoms with E-state index < -0.39 is 0 Å². The van der Waals surface area contributed by atoms with E-state index in [1.165, 1.54) is 37.4 Å². The Morgan fingerprint density at radius 1 is 1.30 bits per heavy atom. The predicted octanol–water partition coefficient (Wildman–Crippen LogP) is 3.83. The molecular formula is C20H28N4O2S. The second-order valence-electron chi connectivity index (χ2n) is 8.01. The smallest absolute Gasteiger partial charge is 0.230 e. The van der Waals surface area contributed by atoms with Gasteiger partial charge in [0.2, 0.25) is 5.91 Å². The first-order chi connectivity index (χ1) is 13.1. The largest absolute Gasteiger partial charge is 0.467 e. The van der Waals surface area contributed by atoms with Crippen molar-refractivity contribution in [1.29, 1.82) is 0 Å². The maximum atomic E-state index is 12.5. The van der Waals surface area contributed by atoms with Crippen molar-refractivity contribution in [3.63, 3.8) is 0 Å². The van der Waals surface area contributed by atoms with Gasteiger partial charge in [0.25, 0.3) is 0 Å². The quantitative estimate of drug-likeness (QED) is 0.730. The van der Waals surface area contributed by atoms with Crippen LogP contribution in [0, 0.1) is 11.8 Å². The van der Waals surface area contributed by atoms with Crippen LogP contribution in [-0.2, 0) is 11.3 Å². The number of nitrogens with one attached hydrogen (secondary N) is 1. The Balaban J connectivity index is 1.38. The molecule has 146 valence electrons. The van der Waals surface area contributed by atoms with E-state index in [0.717, 1.165) is 23.2 Å². The van der Waals surface area contributed by atoms with E-state index >= 15 is 0 Å². The minimum atomic E-state index is 0.0893. The number of hydrogen-bond donors (Lipinski definition) is 1. The van der Waals surface area contributed by atoms with E-state index in [0.29, 0.717) is 36.1 Å². The van der Waals surface area contributed by atoms with E-state index in [1.54, 1.807) is 6.26 Å². The van der Waals surface area contributed by atoms with Gasteiger partial charge in [0.15, 0.2) is 5.16 Å². The predicted molar refractivity (Wildman–Crippen MR) is 105 cm³/mol. The maximum absolute atomic E-state index is 12.5. The zero-order chi connectivity index (χ0) is 18.8. The SMILES string of the molecule is CC1CCCC(NC(=O)CSc2nnc(C3CC3)n2Cc2ccco2)C1C. The minimum Gasteiger partial charge on any atom is -0.467 e. The van der Waals surface area contributed by atoms with Crippen molar-refractivity contribution in [1.82, 2.24) is 20.1 Å². The highest BCUT2D eigenvalue weighted by molar-refractivity contribution is 7.99. The summed E-state index contributed by atoms with van der Waals surface area (Å²) in [6.07, 6.45) is 7.57. The number of thioether (sulfide) groups is 1. The van der Waals surface area contributed by atoms with Gasteiger partial charge in [-0.1, -0.05) is 38.5 Å². The number of carbonyl (C=O) groups is 1. The van der Waals surface area contributed by atoms with Gasteiger partial charge in [-0.15, -0.1) is 10.2 Å². The third kappa shape index (κ3) is 4.39. The van der Waals surface area contributed by atoms with Crippen LogP contribution in [0.25, 0.3) is 0 Å². The first-order valence-electron chi connectivity index (χ1n) is 9.99. The standard InChI is InChI=1S/C20H28N4O2S/c1-13-5-3-7-17(14(13)2)21-18(25)12-27-20-23-22-19(15-8-9-15)24(20)11-16-6-4-10-26-16/h4,6,10,13-15,17H,3,5,7-9,11-12H2,1-2H3,(H,21,25). The summed E-state index contributed by atoms with van der Waals surface area (Å²) in [6, 6.07) is 4.15. The zero-order valence-electron chi connectivity index (χ0n) is 16.1. The summed E-state index contributed by atoms with van der Waals surface area (Å²) in [5.74, 6) is 4.08. The van der Waals surface area contributed by atoms with Crippen molar-refractivity contribution in [3.8, 4) is 0 Å². The van der Waals surface area contributed by atoms with Crippen LogP contribution >= 0.6 is 11.8 Å². The monoisotopic (exact) mass is 388 g/mol. The summed E-state index contributed by atoms with van der Waals surface area (Å²) in [5, 5.41) is 12.8. The van der Waals surface area contributed by atoms with Crippen molar-refractivity contribution < 1.29 is 9.21 Å². The van der Waals surface area contributed by atoms with E-state index in [-0.39, 0.29) is 5.91 Å². The molecule has 2 aromatic heterocycles. The number of carbonyl (C=O) groups excluding carboxylic acids is 1. The molecule has 2 heterocycles. The minimum absolute atomic E-state index is 0.0893. The molecule has 3 unspecified atom stereocenters. The molecule has 2 fully saturated rings. The molecule has 2 aliphatic carbocycles. The lowest BCUT2D eigenvalue weighted by Crippen LogP contribution is -2.44. The van der Waals surface area contributed by atoms with Gasteiger partial charge < -0.3 is 9.73 Å². The molecule has 7 heteroatoms. The number of nitrogens with zero attached hydrogens (tertiary/aromatic N) is 3. The molecule has 2 aliphatic rings. The Kier molecular flexibility index (Phi) is 5.57. The number of aromatic nitrogens is 3. The molecule has 0 saturated heterocycles. The van der Waals surface area contributed by atoms with Crippen LogP contribution in [0.3, 0.4) is 0 Å². The third-order valence-electron chi connectivity index (χ3n) is 5.97. The van der Waals surface area contributed by atoms with Crippen LogP contribution in [0.15, 0.2) is 28.0 Å². The van der Waals surface area contributed by atoms with Gasteiger partial charge in [0.1, 0.15) is 11.6 Å². The van der Waals surface area contributed by atoms with Crippen molar-refractivity contribution in [2.45, 2.75) is 69.6 Å². The molecule has 1 amide bonds. The Hall–Kier alpha value is -1.76. The van der Waals surface area contributed by atoms with Crippen LogP contribution in [-0.4, -0.2) is 32.5 Å². The molecule has 0 aromatic carbocycles. The highest BCUT2D eigenvalue weighted by atomic mass is 32.2. The lowest BCUT2D eigenvalue weighted by Gasteiger charge is -2.34. The van der Waals surface area contributed by atoms with Gasteiger partial charge in [-0.25, -0.2) is 0 Å². The van der Waals surface area contributed by atoms with Crippen LogP contribution in [0.2, 0.25) is 0 Å². The molecule has 3 atom stereocenters. The topological polar surface area (TPSA) is 73.0 Å². The normalized spacial score (nSPS) is 25.5. The first kappa shape index (κ1) is 18.6. The molecule has 6 nitrogen and oxygen atoms in total. The third-order valence-corrected chi connectivity index (χ3v) is 6.93. The molecule has 0 aliphatic heterocycles. The van der Waals surface area contributed by atoms with Crippen molar-refractivity contribution >= 4 is 17.7 Å². The molecule has 0 spiro atoms. The number of hydrogen-bond acceptors (Lipinski definition) is 5. The molecule has 0 radical (unpaired) electrons. The highest BCUT2D eigenvalue weighted by Crippen LogP contribution is 2.40. The zero-order valence-corrected chi connectivity index (χ0v) is 16.9. The Bertz CT molecular complexity index is 769. The molecular weight excluding hydrogens is 360 g/mol. The Morgan fingerprint density at radius 2 is 2.15 bits per heavy atom. The first-order valence-corrected chi connectivity index (χ1v) is 11.0. The molecule has 2 saturated carbocycles. The van der Waals surface area contributed by atoms with E-state index in [4.69, 9.17) is 4.42 Å². The van der Waals surface area contributed by atoms with Gasteiger partial charge >= 0.3 is 0 Å². The number of amides is 1. The fourth-order valence-corrected chi connectivity index (χ4v) is 4.68. The number of furan rings is 1. The summed E-state index contributed by atoms with van der Waals surface area (Å²) >= 11 is 1.47. The Labute approximate surface area is 164 Å². The number of rotatable bonds is 7. The summed E-state index contributed by atoms with van der Waals surface area (Å²) < 4.78 is 7.61. The fraction of sp³-hybridized carbons (Fsp3) is 0.650. The molecule has 0 bridgehead atoms. The summed E-state index contributed by atoms with van der Waals surface area (Å²) in [6.45, 7) is 5.16. The van der Waals surface area contributed by atoms with Crippen LogP contribution in [0.5, 0.6) is 0 Å². The van der Waals surface area contributed by atoms with Crippen molar-refractivity contribution in [2.75, 3.05) is 5.75 Å².